The fourth-order valence-electron chi connectivity index (χ4n) is 0.325. The first-order valence-corrected chi connectivity index (χ1v) is 4.06. The number of nitrogens with zero attached hydrogens (tertiary/aromatic N) is 1. The van der Waals surface area contributed by atoms with Crippen LogP contribution in [0, 0.1) is 23.7 Å². The molecule has 0 radical (unpaired) electrons. The molecule has 0 aromatic carbocycles. The van der Waals surface area contributed by atoms with Crippen molar-refractivity contribution in [2.24, 2.45) is 0 Å². The summed E-state index contributed by atoms with van der Waals surface area (Å²) in [7, 11) is 1.97. The van der Waals surface area contributed by atoms with Gasteiger partial charge in [0.2, 0.25) is 0 Å². The van der Waals surface area contributed by atoms with Crippen molar-refractivity contribution < 1.29 is 0 Å². The van der Waals surface area contributed by atoms with Crippen LogP contribution in [0.2, 0.25) is 0 Å². The average molecular weight is 247 g/mol. The molecule has 0 aromatic rings. The zero-order chi connectivity index (χ0) is 7.82. The molecule has 10 heavy (non-hydrogen) atoms. The van der Waals surface area contributed by atoms with Crippen LogP contribution in [0.15, 0.2) is 0 Å². The molecule has 0 aromatic heterocycles. The highest BCUT2D eigenvalue weighted by molar-refractivity contribution is 14.1. The predicted octanol–water partition coefficient (Wildman–Crippen LogP) is 1.69. The topological polar surface area (TPSA) is 3.24 Å². The maximum Gasteiger partial charge on any atom is 0.0700 e. The van der Waals surface area contributed by atoms with Crippen molar-refractivity contribution in [1.82, 2.24) is 3.11 Å². The molecule has 0 aliphatic rings. The molecule has 0 aliphatic heterocycles. The van der Waals surface area contributed by atoms with Gasteiger partial charge in [-0.25, -0.2) is 3.11 Å². The van der Waals surface area contributed by atoms with Crippen LogP contribution in [0.3, 0.4) is 0 Å². The first kappa shape index (κ1) is 9.81. The van der Waals surface area contributed by atoms with Crippen molar-refractivity contribution in [2.45, 2.75) is 13.3 Å². The van der Waals surface area contributed by atoms with E-state index in [1.165, 1.54) is 0 Å². The Morgan fingerprint density at radius 2 is 1.90 bits per heavy atom. The second kappa shape index (κ2) is 6.92. The minimum absolute atomic E-state index is 0.777. The van der Waals surface area contributed by atoms with Gasteiger partial charge >= 0.3 is 0 Å². The molecule has 0 spiro atoms. The van der Waals surface area contributed by atoms with Crippen LogP contribution in [-0.2, 0) is 0 Å². The Bertz CT molecular complexity index is 187. The summed E-state index contributed by atoms with van der Waals surface area (Å²) in [5.74, 6) is 11.3. The predicted molar refractivity (Wildman–Crippen MR) is 52.5 cm³/mol. The molecule has 0 atom stereocenters. The summed E-state index contributed by atoms with van der Waals surface area (Å²) in [6.07, 6.45) is 0.884. The molecule has 0 aliphatic carbocycles. The normalized spacial score (nSPS) is 7.60. The van der Waals surface area contributed by atoms with Gasteiger partial charge in [-0.3, -0.25) is 0 Å². The van der Waals surface area contributed by atoms with Crippen molar-refractivity contribution in [3.63, 3.8) is 0 Å². The molecule has 0 saturated heterocycles. The summed E-state index contributed by atoms with van der Waals surface area (Å²) in [6, 6.07) is 0. The summed E-state index contributed by atoms with van der Waals surface area (Å²) in [6.45, 7) is 2.79. The molecule has 0 amide bonds. The number of hydrogen-bond acceptors (Lipinski definition) is 1. The maximum absolute atomic E-state index is 2.91. The van der Waals surface area contributed by atoms with Gasteiger partial charge in [0.25, 0.3) is 0 Å². The third-order valence-electron chi connectivity index (χ3n) is 0.713. The highest BCUT2D eigenvalue weighted by atomic mass is 127. The molecule has 1 nitrogen and oxygen atoms in total. The van der Waals surface area contributed by atoms with E-state index in [-0.39, 0.29) is 0 Å². The van der Waals surface area contributed by atoms with E-state index < -0.39 is 0 Å². The van der Waals surface area contributed by atoms with E-state index in [0.717, 1.165) is 13.0 Å². The van der Waals surface area contributed by atoms with Gasteiger partial charge in [0.15, 0.2) is 0 Å². The zero-order valence-electron chi connectivity index (χ0n) is 6.24. The van der Waals surface area contributed by atoms with Crippen molar-refractivity contribution in [2.75, 3.05) is 13.6 Å². The molecule has 2 heteroatoms. The third-order valence-corrected chi connectivity index (χ3v) is 1.05. The van der Waals surface area contributed by atoms with Gasteiger partial charge in [-0.05, 0) is 18.9 Å². The van der Waals surface area contributed by atoms with Gasteiger partial charge in [0.05, 0.1) is 6.54 Å². The van der Waals surface area contributed by atoms with E-state index in [1.54, 1.807) is 0 Å². The summed E-state index contributed by atoms with van der Waals surface area (Å²) in [5.41, 5.74) is 0. The lowest BCUT2D eigenvalue weighted by molar-refractivity contribution is 0.699. The standard InChI is InChI=1S/C8H10IN/c1-3-4-5-6-7-8-10(2)9/h3,8H2,1-2H3. The minimum atomic E-state index is 0.777. The average Bonchev–Trinajstić information content (AvgIpc) is 1.87. The van der Waals surface area contributed by atoms with E-state index >= 15 is 0 Å². The summed E-state index contributed by atoms with van der Waals surface area (Å²) in [4.78, 5) is 0. The van der Waals surface area contributed by atoms with Gasteiger partial charge in [-0.1, -0.05) is 18.8 Å². The summed E-state index contributed by atoms with van der Waals surface area (Å²) < 4.78 is 1.98. The Balaban J connectivity index is 3.50. The molecule has 0 rings (SSSR count). The fraction of sp³-hybridized carbons (Fsp3) is 0.500. The van der Waals surface area contributed by atoms with Crippen LogP contribution in [-0.4, -0.2) is 16.7 Å². The lowest BCUT2D eigenvalue weighted by atomic mass is 10.4. The SMILES string of the molecule is CCC#CC#CCN(C)I. The summed E-state index contributed by atoms with van der Waals surface area (Å²) >= 11 is 2.19. The Hall–Kier alpha value is -0.190. The monoisotopic (exact) mass is 247 g/mol. The van der Waals surface area contributed by atoms with Gasteiger partial charge in [-0.2, -0.15) is 0 Å². The fourth-order valence-corrected chi connectivity index (χ4v) is 0.496. The van der Waals surface area contributed by atoms with Crippen molar-refractivity contribution >= 4 is 22.9 Å². The number of hydrogen-bond donors (Lipinski definition) is 0. The van der Waals surface area contributed by atoms with Gasteiger partial charge < -0.3 is 0 Å². The maximum atomic E-state index is 2.91. The van der Waals surface area contributed by atoms with Crippen molar-refractivity contribution in [3.8, 4) is 23.7 Å². The molecular weight excluding hydrogens is 237 g/mol. The van der Waals surface area contributed by atoms with E-state index in [9.17, 15) is 0 Å². The highest BCUT2D eigenvalue weighted by Crippen LogP contribution is 1.87. The van der Waals surface area contributed by atoms with Crippen LogP contribution >= 0.6 is 22.9 Å². The first-order chi connectivity index (χ1) is 4.77. The zero-order valence-corrected chi connectivity index (χ0v) is 8.40. The Labute approximate surface area is 76.7 Å². The molecule has 0 N–H and O–H groups in total. The first-order valence-electron chi connectivity index (χ1n) is 3.10. The van der Waals surface area contributed by atoms with E-state index in [2.05, 4.69) is 46.5 Å². The third kappa shape index (κ3) is 7.81. The molecular formula is C8H10IN. The van der Waals surface area contributed by atoms with Crippen LogP contribution in [0.4, 0.5) is 0 Å². The van der Waals surface area contributed by atoms with E-state index in [0.29, 0.717) is 0 Å². The molecule has 0 heterocycles. The Morgan fingerprint density at radius 3 is 2.40 bits per heavy atom. The quantitative estimate of drug-likeness (QED) is 0.387. The van der Waals surface area contributed by atoms with Crippen LogP contribution in [0.25, 0.3) is 0 Å². The van der Waals surface area contributed by atoms with Crippen LogP contribution in [0.5, 0.6) is 0 Å². The smallest absolute Gasteiger partial charge is 0.0700 e. The van der Waals surface area contributed by atoms with Gasteiger partial charge in [0, 0.05) is 29.3 Å². The second-order valence-corrected chi connectivity index (χ2v) is 3.37. The molecule has 0 saturated carbocycles. The molecule has 54 valence electrons. The highest BCUT2D eigenvalue weighted by Gasteiger charge is 1.80. The lowest BCUT2D eigenvalue weighted by Crippen LogP contribution is -2.01. The number of rotatable bonds is 1. The largest absolute Gasteiger partial charge is 0.239 e. The van der Waals surface area contributed by atoms with E-state index in [1.807, 2.05) is 17.1 Å². The molecule has 0 bridgehead atoms. The van der Waals surface area contributed by atoms with Crippen LogP contribution in [0.1, 0.15) is 13.3 Å². The minimum Gasteiger partial charge on any atom is -0.239 e. The van der Waals surface area contributed by atoms with E-state index in [4.69, 9.17) is 0 Å². The van der Waals surface area contributed by atoms with Gasteiger partial charge in [0.1, 0.15) is 0 Å². The Kier molecular flexibility index (Phi) is 6.79. The van der Waals surface area contributed by atoms with Crippen molar-refractivity contribution in [3.05, 3.63) is 0 Å². The Morgan fingerprint density at radius 1 is 1.30 bits per heavy atom. The summed E-state index contributed by atoms with van der Waals surface area (Å²) in [5, 5.41) is 0. The molecule has 0 fully saturated rings. The van der Waals surface area contributed by atoms with Crippen LogP contribution < -0.4 is 0 Å². The second-order valence-electron chi connectivity index (χ2n) is 1.72. The molecule has 0 unspecified atom stereocenters. The van der Waals surface area contributed by atoms with Crippen molar-refractivity contribution in [1.29, 1.82) is 0 Å². The van der Waals surface area contributed by atoms with Gasteiger partial charge in [-0.15, -0.1) is 0 Å². The lowest BCUT2D eigenvalue weighted by Gasteiger charge is -1.96. The number of halogens is 1.